The van der Waals surface area contributed by atoms with Gasteiger partial charge in [-0.25, -0.2) is 0 Å². The largest absolute Gasteiger partial charge is 0.491 e. The van der Waals surface area contributed by atoms with Crippen molar-refractivity contribution in [3.63, 3.8) is 0 Å². The summed E-state index contributed by atoms with van der Waals surface area (Å²) in [7, 11) is 1.65. The van der Waals surface area contributed by atoms with E-state index in [1.165, 1.54) is 0 Å². The second kappa shape index (κ2) is 8.13. The zero-order valence-corrected chi connectivity index (χ0v) is 13.2. The number of anilines is 1. The molecule has 0 amide bonds. The number of halogens is 2. The van der Waals surface area contributed by atoms with Gasteiger partial charge < -0.3 is 14.8 Å². The van der Waals surface area contributed by atoms with E-state index >= 15 is 0 Å². The van der Waals surface area contributed by atoms with Gasteiger partial charge in [-0.15, -0.1) is 0 Å². The molecule has 0 heterocycles. The molecule has 0 saturated heterocycles. The molecule has 5 heteroatoms. The van der Waals surface area contributed by atoms with Crippen molar-refractivity contribution in [2.75, 3.05) is 25.6 Å². The van der Waals surface area contributed by atoms with Crippen molar-refractivity contribution in [3.05, 3.63) is 58.1 Å². The highest BCUT2D eigenvalue weighted by molar-refractivity contribution is 6.34. The van der Waals surface area contributed by atoms with E-state index in [0.717, 1.165) is 17.0 Å². The third-order valence-electron chi connectivity index (χ3n) is 2.81. The van der Waals surface area contributed by atoms with E-state index in [4.69, 9.17) is 32.7 Å². The summed E-state index contributed by atoms with van der Waals surface area (Å²) in [5, 5.41) is 4.59. The van der Waals surface area contributed by atoms with Gasteiger partial charge in [-0.3, -0.25) is 0 Å². The summed E-state index contributed by atoms with van der Waals surface area (Å²) in [6.07, 6.45) is 0. The fourth-order valence-corrected chi connectivity index (χ4v) is 2.43. The zero-order valence-electron chi connectivity index (χ0n) is 11.7. The minimum absolute atomic E-state index is 0.532. The molecule has 3 nitrogen and oxygen atoms in total. The molecular weight excluding hydrogens is 309 g/mol. The summed E-state index contributed by atoms with van der Waals surface area (Å²) in [5.74, 6) is 0.807. The number of methoxy groups -OCH3 is 1. The Balaban J connectivity index is 1.94. The molecule has 0 spiro atoms. The Hall–Kier alpha value is -1.42. The van der Waals surface area contributed by atoms with Gasteiger partial charge >= 0.3 is 0 Å². The lowest BCUT2D eigenvalue weighted by Crippen LogP contribution is -2.05. The lowest BCUT2D eigenvalue weighted by Gasteiger charge is -2.10. The summed E-state index contributed by atoms with van der Waals surface area (Å²) in [6, 6.07) is 13.3. The average molecular weight is 326 g/mol. The molecule has 1 N–H and O–H groups in total. The van der Waals surface area contributed by atoms with Crippen molar-refractivity contribution in [2.45, 2.75) is 6.54 Å². The van der Waals surface area contributed by atoms with Gasteiger partial charge in [-0.2, -0.15) is 0 Å². The second-order valence-electron chi connectivity index (χ2n) is 4.50. The molecule has 112 valence electrons. The van der Waals surface area contributed by atoms with Crippen LogP contribution in [-0.2, 0) is 11.3 Å². The van der Waals surface area contributed by atoms with E-state index in [0.29, 0.717) is 29.8 Å². The molecule has 21 heavy (non-hydrogen) atoms. The summed E-state index contributed by atoms with van der Waals surface area (Å²) >= 11 is 12.0. The van der Waals surface area contributed by atoms with Crippen LogP contribution >= 0.6 is 23.2 Å². The first-order valence-corrected chi connectivity index (χ1v) is 7.33. The summed E-state index contributed by atoms with van der Waals surface area (Å²) in [6.45, 7) is 1.74. The third kappa shape index (κ3) is 5.46. The van der Waals surface area contributed by atoms with Crippen molar-refractivity contribution >= 4 is 28.9 Å². The number of nitrogens with one attached hydrogen (secondary N) is 1. The van der Waals surface area contributed by atoms with Gasteiger partial charge in [0.05, 0.1) is 6.61 Å². The van der Waals surface area contributed by atoms with Crippen molar-refractivity contribution in [1.29, 1.82) is 0 Å². The van der Waals surface area contributed by atoms with Crippen LogP contribution in [0, 0.1) is 0 Å². The van der Waals surface area contributed by atoms with Crippen LogP contribution in [0.2, 0.25) is 10.0 Å². The average Bonchev–Trinajstić information content (AvgIpc) is 2.45. The fourth-order valence-electron chi connectivity index (χ4n) is 1.86. The molecule has 0 unspecified atom stereocenters. The fraction of sp³-hybridized carbons (Fsp3) is 0.250. The normalized spacial score (nSPS) is 10.4. The molecule has 0 fully saturated rings. The SMILES string of the molecule is COCCOc1cccc(NCc2cc(Cl)cc(Cl)c2)c1. The zero-order chi connectivity index (χ0) is 15.1. The molecule has 0 radical (unpaired) electrons. The molecule has 0 aliphatic rings. The third-order valence-corrected chi connectivity index (χ3v) is 3.25. The maximum atomic E-state index is 5.98. The van der Waals surface area contributed by atoms with E-state index < -0.39 is 0 Å². The maximum Gasteiger partial charge on any atom is 0.121 e. The first kappa shape index (κ1) is 16.0. The van der Waals surface area contributed by atoms with Gasteiger partial charge in [-0.1, -0.05) is 29.3 Å². The number of benzene rings is 2. The van der Waals surface area contributed by atoms with Gasteiger partial charge in [0, 0.05) is 35.5 Å². The maximum absolute atomic E-state index is 5.98. The van der Waals surface area contributed by atoms with Crippen LogP contribution in [0.25, 0.3) is 0 Å². The van der Waals surface area contributed by atoms with Crippen LogP contribution in [0.3, 0.4) is 0 Å². The van der Waals surface area contributed by atoms with Gasteiger partial charge in [0.25, 0.3) is 0 Å². The molecule has 0 bridgehead atoms. The van der Waals surface area contributed by atoms with E-state index in [1.807, 2.05) is 36.4 Å². The van der Waals surface area contributed by atoms with Crippen molar-refractivity contribution in [2.24, 2.45) is 0 Å². The predicted molar refractivity (Wildman–Crippen MR) is 87.6 cm³/mol. The van der Waals surface area contributed by atoms with E-state index in [-0.39, 0.29) is 0 Å². The monoisotopic (exact) mass is 325 g/mol. The first-order chi connectivity index (χ1) is 10.2. The minimum atomic E-state index is 0.532. The minimum Gasteiger partial charge on any atom is -0.491 e. The van der Waals surface area contributed by atoms with Crippen LogP contribution < -0.4 is 10.1 Å². The molecule has 2 rings (SSSR count). The van der Waals surface area contributed by atoms with Gasteiger partial charge in [0.2, 0.25) is 0 Å². The number of ether oxygens (including phenoxy) is 2. The van der Waals surface area contributed by atoms with E-state index in [2.05, 4.69) is 5.32 Å². The second-order valence-corrected chi connectivity index (χ2v) is 5.37. The molecule has 0 atom stereocenters. The number of hydrogen-bond acceptors (Lipinski definition) is 3. The number of hydrogen-bond donors (Lipinski definition) is 1. The Kier molecular flexibility index (Phi) is 6.18. The highest BCUT2D eigenvalue weighted by Gasteiger charge is 2.00. The molecule has 2 aromatic carbocycles. The Labute approximate surface area is 134 Å². The van der Waals surface area contributed by atoms with Gasteiger partial charge in [0.1, 0.15) is 12.4 Å². The highest BCUT2D eigenvalue weighted by Crippen LogP contribution is 2.21. The lowest BCUT2D eigenvalue weighted by molar-refractivity contribution is 0.146. The van der Waals surface area contributed by atoms with E-state index in [9.17, 15) is 0 Å². The Morgan fingerprint density at radius 3 is 2.48 bits per heavy atom. The van der Waals surface area contributed by atoms with E-state index in [1.54, 1.807) is 13.2 Å². The van der Waals surface area contributed by atoms with Crippen LogP contribution in [0.1, 0.15) is 5.56 Å². The molecular formula is C16H17Cl2NO2. The molecule has 2 aromatic rings. The van der Waals surface area contributed by atoms with Crippen molar-refractivity contribution < 1.29 is 9.47 Å². The van der Waals surface area contributed by atoms with Crippen LogP contribution in [0.4, 0.5) is 5.69 Å². The summed E-state index contributed by atoms with van der Waals surface area (Å²) in [5.41, 5.74) is 2.00. The highest BCUT2D eigenvalue weighted by atomic mass is 35.5. The van der Waals surface area contributed by atoms with Gasteiger partial charge in [0.15, 0.2) is 0 Å². The quantitative estimate of drug-likeness (QED) is 0.753. The smallest absolute Gasteiger partial charge is 0.121 e. The topological polar surface area (TPSA) is 30.5 Å². The predicted octanol–water partition coefficient (Wildman–Crippen LogP) is 4.63. The van der Waals surface area contributed by atoms with Crippen molar-refractivity contribution in [3.8, 4) is 5.75 Å². The first-order valence-electron chi connectivity index (χ1n) is 6.58. The van der Waals surface area contributed by atoms with Crippen LogP contribution in [0.5, 0.6) is 5.75 Å². The van der Waals surface area contributed by atoms with Crippen molar-refractivity contribution in [1.82, 2.24) is 0 Å². The van der Waals surface area contributed by atoms with Crippen LogP contribution in [0.15, 0.2) is 42.5 Å². The van der Waals surface area contributed by atoms with Gasteiger partial charge in [-0.05, 0) is 35.9 Å². The standard InChI is InChI=1S/C16H17Cl2NO2/c1-20-5-6-21-16-4-2-3-15(10-16)19-11-12-7-13(17)9-14(18)8-12/h2-4,7-10,19H,5-6,11H2,1H3. The summed E-state index contributed by atoms with van der Waals surface area (Å²) in [4.78, 5) is 0. The van der Waals surface area contributed by atoms with Crippen LogP contribution in [-0.4, -0.2) is 20.3 Å². The Bertz CT molecular complexity index is 570. The number of rotatable bonds is 7. The Morgan fingerprint density at radius 2 is 1.76 bits per heavy atom. The molecule has 0 aliphatic heterocycles. The lowest BCUT2D eigenvalue weighted by atomic mass is 10.2. The Morgan fingerprint density at radius 1 is 1.00 bits per heavy atom. The molecule has 0 aliphatic carbocycles. The molecule has 0 aromatic heterocycles. The summed E-state index contributed by atoms with van der Waals surface area (Å²) < 4.78 is 10.5. The molecule has 0 saturated carbocycles.